The number of nitrogens with zero attached hydrogens (tertiary/aromatic N) is 1. The predicted octanol–water partition coefficient (Wildman–Crippen LogP) is 3.43. The molecular formula is C13H22Cl2N2. The number of hydrogen-bond donors (Lipinski definition) is 1. The summed E-state index contributed by atoms with van der Waals surface area (Å²) in [5, 5.41) is 3.44. The van der Waals surface area contributed by atoms with Gasteiger partial charge in [-0.3, -0.25) is 0 Å². The first-order chi connectivity index (χ1) is 7.45. The Balaban J connectivity index is 0.00000128. The summed E-state index contributed by atoms with van der Waals surface area (Å²) in [6, 6.07) is 10.4. The van der Waals surface area contributed by atoms with Crippen LogP contribution in [0.15, 0.2) is 30.3 Å². The maximum absolute atomic E-state index is 3.44. The zero-order chi connectivity index (χ0) is 10.3. The number of halogens is 2. The second kappa shape index (κ2) is 9.58. The van der Waals surface area contributed by atoms with E-state index in [9.17, 15) is 0 Å². The number of anilines is 1. The molecule has 98 valence electrons. The Morgan fingerprint density at radius 2 is 1.65 bits per heavy atom. The lowest BCUT2D eigenvalue weighted by molar-refractivity contribution is 0.337. The molecule has 0 aliphatic carbocycles. The van der Waals surface area contributed by atoms with Gasteiger partial charge in [-0.2, -0.15) is 0 Å². The first-order valence-electron chi connectivity index (χ1n) is 5.96. The fourth-order valence-corrected chi connectivity index (χ4v) is 2.10. The van der Waals surface area contributed by atoms with Crippen LogP contribution in [0.1, 0.15) is 19.3 Å². The van der Waals surface area contributed by atoms with Gasteiger partial charge in [-0.15, -0.1) is 24.8 Å². The third kappa shape index (κ3) is 6.16. The molecule has 0 aromatic heterocycles. The van der Waals surface area contributed by atoms with Gasteiger partial charge in [0.15, 0.2) is 0 Å². The normalized spacial score (nSPS) is 14.8. The lowest BCUT2D eigenvalue weighted by Crippen LogP contribution is -2.22. The van der Waals surface area contributed by atoms with Gasteiger partial charge < -0.3 is 10.2 Å². The molecule has 1 heterocycles. The van der Waals surface area contributed by atoms with Crippen molar-refractivity contribution in [1.29, 1.82) is 0 Å². The van der Waals surface area contributed by atoms with Crippen molar-refractivity contribution in [1.82, 2.24) is 4.90 Å². The van der Waals surface area contributed by atoms with E-state index in [1.807, 2.05) is 0 Å². The summed E-state index contributed by atoms with van der Waals surface area (Å²) in [4.78, 5) is 2.56. The van der Waals surface area contributed by atoms with E-state index in [0.29, 0.717) is 0 Å². The minimum Gasteiger partial charge on any atom is -0.385 e. The molecule has 1 N–H and O–H groups in total. The van der Waals surface area contributed by atoms with Gasteiger partial charge in [0.1, 0.15) is 0 Å². The predicted molar refractivity (Wildman–Crippen MR) is 79.7 cm³/mol. The highest BCUT2D eigenvalue weighted by Gasteiger charge is 2.09. The zero-order valence-electron chi connectivity index (χ0n) is 10.1. The van der Waals surface area contributed by atoms with Crippen molar-refractivity contribution < 1.29 is 0 Å². The van der Waals surface area contributed by atoms with Gasteiger partial charge >= 0.3 is 0 Å². The summed E-state index contributed by atoms with van der Waals surface area (Å²) in [5.41, 5.74) is 1.24. The summed E-state index contributed by atoms with van der Waals surface area (Å²) in [7, 11) is 0. The molecule has 4 heteroatoms. The monoisotopic (exact) mass is 276 g/mol. The second-order valence-corrected chi connectivity index (χ2v) is 4.20. The van der Waals surface area contributed by atoms with Crippen LogP contribution in [0.2, 0.25) is 0 Å². The van der Waals surface area contributed by atoms with Crippen LogP contribution in [-0.2, 0) is 0 Å². The van der Waals surface area contributed by atoms with Gasteiger partial charge in [-0.1, -0.05) is 18.2 Å². The first kappa shape index (κ1) is 16.6. The third-order valence-electron chi connectivity index (χ3n) is 2.95. The van der Waals surface area contributed by atoms with Crippen LogP contribution in [-0.4, -0.2) is 31.1 Å². The Kier molecular flexibility index (Phi) is 9.33. The zero-order valence-corrected chi connectivity index (χ0v) is 11.7. The van der Waals surface area contributed by atoms with Gasteiger partial charge in [0.2, 0.25) is 0 Å². The van der Waals surface area contributed by atoms with E-state index in [1.165, 1.54) is 44.6 Å². The molecule has 1 aromatic carbocycles. The molecule has 0 saturated carbocycles. The fourth-order valence-electron chi connectivity index (χ4n) is 2.10. The maximum Gasteiger partial charge on any atom is 0.0340 e. The van der Waals surface area contributed by atoms with Crippen LogP contribution in [0.3, 0.4) is 0 Å². The number of nitrogens with one attached hydrogen (secondary N) is 1. The smallest absolute Gasteiger partial charge is 0.0340 e. The van der Waals surface area contributed by atoms with Crippen molar-refractivity contribution in [3.8, 4) is 0 Å². The summed E-state index contributed by atoms with van der Waals surface area (Å²) in [6.07, 6.45) is 4.03. The average Bonchev–Trinajstić information content (AvgIpc) is 2.79. The van der Waals surface area contributed by atoms with Crippen LogP contribution in [0, 0.1) is 0 Å². The summed E-state index contributed by atoms with van der Waals surface area (Å²) < 4.78 is 0. The minimum absolute atomic E-state index is 0. The summed E-state index contributed by atoms with van der Waals surface area (Å²) >= 11 is 0. The van der Waals surface area contributed by atoms with E-state index in [0.717, 1.165) is 6.54 Å². The lowest BCUT2D eigenvalue weighted by Gasteiger charge is -2.14. The number of rotatable bonds is 5. The van der Waals surface area contributed by atoms with Crippen molar-refractivity contribution in [3.63, 3.8) is 0 Å². The van der Waals surface area contributed by atoms with Crippen LogP contribution in [0.5, 0.6) is 0 Å². The molecule has 0 spiro atoms. The molecule has 2 rings (SSSR count). The van der Waals surface area contributed by atoms with Crippen LogP contribution < -0.4 is 5.32 Å². The van der Waals surface area contributed by atoms with Crippen molar-refractivity contribution in [2.24, 2.45) is 0 Å². The third-order valence-corrected chi connectivity index (χ3v) is 2.95. The molecular weight excluding hydrogens is 255 g/mol. The van der Waals surface area contributed by atoms with Crippen molar-refractivity contribution in [2.45, 2.75) is 19.3 Å². The Bertz CT molecular complexity index is 274. The molecule has 0 unspecified atom stereocenters. The molecule has 2 nitrogen and oxygen atoms in total. The molecule has 0 radical (unpaired) electrons. The Hall–Kier alpha value is -0.440. The summed E-state index contributed by atoms with van der Waals surface area (Å²) in [5.74, 6) is 0. The molecule has 1 aliphatic rings. The number of hydrogen-bond acceptors (Lipinski definition) is 2. The van der Waals surface area contributed by atoms with Crippen molar-refractivity contribution >= 4 is 30.5 Å². The highest BCUT2D eigenvalue weighted by atomic mass is 35.5. The van der Waals surface area contributed by atoms with Crippen LogP contribution in [0.4, 0.5) is 5.69 Å². The van der Waals surface area contributed by atoms with Gasteiger partial charge in [-0.25, -0.2) is 0 Å². The standard InChI is InChI=1S/C13H20N2.2ClH/c1-2-7-13(8-3-1)14-9-6-12-15-10-4-5-11-15;;/h1-3,7-8,14H,4-6,9-12H2;2*1H. The lowest BCUT2D eigenvalue weighted by atomic mass is 10.3. The molecule has 0 atom stereocenters. The van der Waals surface area contributed by atoms with E-state index < -0.39 is 0 Å². The van der Waals surface area contributed by atoms with E-state index in [-0.39, 0.29) is 24.8 Å². The second-order valence-electron chi connectivity index (χ2n) is 4.20. The fraction of sp³-hybridized carbons (Fsp3) is 0.538. The molecule has 1 saturated heterocycles. The van der Waals surface area contributed by atoms with E-state index in [1.54, 1.807) is 0 Å². The van der Waals surface area contributed by atoms with Crippen LogP contribution in [0.25, 0.3) is 0 Å². The number of para-hydroxylation sites is 1. The molecule has 0 bridgehead atoms. The molecule has 0 amide bonds. The Morgan fingerprint density at radius 3 is 2.29 bits per heavy atom. The van der Waals surface area contributed by atoms with E-state index in [4.69, 9.17) is 0 Å². The van der Waals surface area contributed by atoms with Gasteiger partial charge in [0.25, 0.3) is 0 Å². The quantitative estimate of drug-likeness (QED) is 0.829. The molecule has 1 aromatic rings. The summed E-state index contributed by atoms with van der Waals surface area (Å²) in [6.45, 7) is 4.96. The Labute approximate surface area is 117 Å². The molecule has 17 heavy (non-hydrogen) atoms. The topological polar surface area (TPSA) is 15.3 Å². The highest BCUT2D eigenvalue weighted by molar-refractivity contribution is 5.85. The Morgan fingerprint density at radius 1 is 1.00 bits per heavy atom. The minimum atomic E-state index is 0. The van der Waals surface area contributed by atoms with Gasteiger partial charge in [0.05, 0.1) is 0 Å². The average molecular weight is 277 g/mol. The molecule has 1 aliphatic heterocycles. The highest BCUT2D eigenvalue weighted by Crippen LogP contribution is 2.08. The first-order valence-corrected chi connectivity index (χ1v) is 5.96. The van der Waals surface area contributed by atoms with Crippen molar-refractivity contribution in [3.05, 3.63) is 30.3 Å². The number of benzene rings is 1. The maximum atomic E-state index is 3.44. The van der Waals surface area contributed by atoms with Gasteiger partial charge in [-0.05, 0) is 51.0 Å². The SMILES string of the molecule is Cl.Cl.c1ccc(NCCCN2CCCC2)cc1. The molecule has 1 fully saturated rings. The number of likely N-dealkylation sites (tertiary alicyclic amines) is 1. The van der Waals surface area contributed by atoms with Gasteiger partial charge in [0, 0.05) is 12.2 Å². The van der Waals surface area contributed by atoms with Crippen molar-refractivity contribution in [2.75, 3.05) is 31.5 Å². The van der Waals surface area contributed by atoms with E-state index in [2.05, 4.69) is 40.5 Å². The van der Waals surface area contributed by atoms with E-state index >= 15 is 0 Å². The van der Waals surface area contributed by atoms with Crippen LogP contribution >= 0.6 is 24.8 Å². The largest absolute Gasteiger partial charge is 0.385 e.